The fraction of sp³-hybridized carbons (Fsp3) is 0.625. The van der Waals surface area contributed by atoms with E-state index in [0.717, 1.165) is 12.5 Å². The molecule has 0 saturated carbocycles. The highest BCUT2D eigenvalue weighted by molar-refractivity contribution is 5.21. The molecule has 1 N–H and O–H groups in total. The molecule has 0 fully saturated rings. The summed E-state index contributed by atoms with van der Waals surface area (Å²) in [5, 5.41) is 3.64. The van der Waals surface area contributed by atoms with Crippen molar-refractivity contribution in [2.45, 2.75) is 52.5 Å². The summed E-state index contributed by atoms with van der Waals surface area (Å²) in [7, 11) is 0. The third-order valence-electron chi connectivity index (χ3n) is 3.34. The van der Waals surface area contributed by atoms with Gasteiger partial charge in [0.25, 0.3) is 0 Å². The van der Waals surface area contributed by atoms with Crippen LogP contribution in [0.5, 0.6) is 0 Å². The van der Waals surface area contributed by atoms with Gasteiger partial charge in [-0.1, -0.05) is 58.0 Å². The molecular weight excluding hydrogens is 206 g/mol. The molecule has 0 aliphatic carbocycles. The Morgan fingerprint density at radius 2 is 1.71 bits per heavy atom. The van der Waals surface area contributed by atoms with E-state index in [2.05, 4.69) is 63.3 Å². The van der Waals surface area contributed by atoms with Crippen LogP contribution >= 0.6 is 0 Å². The van der Waals surface area contributed by atoms with Gasteiger partial charge in [-0.05, 0) is 36.8 Å². The predicted octanol–water partition coefficient (Wildman–Crippen LogP) is 4.20. The van der Waals surface area contributed by atoms with Crippen molar-refractivity contribution in [1.82, 2.24) is 5.32 Å². The molecule has 0 aliphatic rings. The first kappa shape index (κ1) is 14.2. The summed E-state index contributed by atoms with van der Waals surface area (Å²) in [4.78, 5) is 0. The van der Waals surface area contributed by atoms with E-state index in [1.54, 1.807) is 0 Å². The highest BCUT2D eigenvalue weighted by Crippen LogP contribution is 2.28. The van der Waals surface area contributed by atoms with Crippen LogP contribution in [0.4, 0.5) is 0 Å². The normalized spacial score (nSPS) is 14.9. The molecule has 0 bridgehead atoms. The van der Waals surface area contributed by atoms with Gasteiger partial charge in [0.1, 0.15) is 0 Å². The minimum atomic E-state index is 0.602. The minimum Gasteiger partial charge on any atom is -0.314 e. The molecule has 0 radical (unpaired) electrons. The van der Waals surface area contributed by atoms with Gasteiger partial charge in [-0.3, -0.25) is 0 Å². The van der Waals surface area contributed by atoms with Gasteiger partial charge in [0.15, 0.2) is 0 Å². The molecule has 2 unspecified atom stereocenters. The van der Waals surface area contributed by atoms with Crippen molar-refractivity contribution in [3.05, 3.63) is 35.9 Å². The van der Waals surface area contributed by atoms with E-state index in [4.69, 9.17) is 0 Å². The molecule has 1 nitrogen and oxygen atoms in total. The van der Waals surface area contributed by atoms with Gasteiger partial charge >= 0.3 is 0 Å². The Morgan fingerprint density at radius 3 is 2.18 bits per heavy atom. The van der Waals surface area contributed by atoms with Gasteiger partial charge in [0.2, 0.25) is 0 Å². The highest BCUT2D eigenvalue weighted by Gasteiger charge is 2.21. The lowest BCUT2D eigenvalue weighted by Crippen LogP contribution is -2.35. The van der Waals surface area contributed by atoms with E-state index in [-0.39, 0.29) is 0 Å². The molecule has 0 saturated heterocycles. The molecule has 1 aromatic rings. The number of benzene rings is 1. The van der Waals surface area contributed by atoms with Crippen LogP contribution < -0.4 is 5.32 Å². The summed E-state index contributed by atoms with van der Waals surface area (Å²) in [5.41, 5.74) is 1.48. The van der Waals surface area contributed by atoms with E-state index in [1.165, 1.54) is 18.4 Å². The smallest absolute Gasteiger partial charge is 0.0133 e. The van der Waals surface area contributed by atoms with Gasteiger partial charge in [0.05, 0.1) is 0 Å². The second kappa shape index (κ2) is 7.50. The quantitative estimate of drug-likeness (QED) is 0.744. The van der Waals surface area contributed by atoms with Gasteiger partial charge in [-0.15, -0.1) is 0 Å². The molecule has 0 aliphatic heterocycles. The third-order valence-corrected chi connectivity index (χ3v) is 3.34. The van der Waals surface area contributed by atoms with Crippen LogP contribution in [0, 0.1) is 5.92 Å². The Balaban J connectivity index is 2.86. The molecular formula is C16H27N. The van der Waals surface area contributed by atoms with E-state index in [1.807, 2.05) is 0 Å². The van der Waals surface area contributed by atoms with Crippen LogP contribution in [0.25, 0.3) is 0 Å². The Kier molecular flexibility index (Phi) is 6.28. The minimum absolute atomic E-state index is 0.602. The lowest BCUT2D eigenvalue weighted by atomic mass is 9.83. The SMILES string of the molecule is CCNC(CC)C(CC(C)C)c1ccccc1. The third kappa shape index (κ3) is 4.51. The Labute approximate surface area is 107 Å². The molecule has 1 rings (SSSR count). The standard InChI is InChI=1S/C16H27N/c1-5-16(17-6-2)15(12-13(3)4)14-10-8-7-9-11-14/h7-11,13,15-17H,5-6,12H2,1-4H3. The summed E-state index contributed by atoms with van der Waals surface area (Å²) < 4.78 is 0. The van der Waals surface area contributed by atoms with Crippen molar-refractivity contribution < 1.29 is 0 Å². The van der Waals surface area contributed by atoms with Crippen molar-refractivity contribution >= 4 is 0 Å². The summed E-state index contributed by atoms with van der Waals surface area (Å²) >= 11 is 0. The zero-order valence-electron chi connectivity index (χ0n) is 11.7. The largest absolute Gasteiger partial charge is 0.314 e. The monoisotopic (exact) mass is 233 g/mol. The van der Waals surface area contributed by atoms with E-state index in [9.17, 15) is 0 Å². The van der Waals surface area contributed by atoms with Crippen LogP contribution in [0.2, 0.25) is 0 Å². The Morgan fingerprint density at radius 1 is 1.06 bits per heavy atom. The zero-order valence-corrected chi connectivity index (χ0v) is 11.7. The number of rotatable bonds is 7. The van der Waals surface area contributed by atoms with Gasteiger partial charge < -0.3 is 5.32 Å². The van der Waals surface area contributed by atoms with Crippen molar-refractivity contribution in [3.8, 4) is 0 Å². The molecule has 0 heterocycles. The molecule has 96 valence electrons. The Bertz CT molecular complexity index is 292. The molecule has 1 aromatic carbocycles. The van der Waals surface area contributed by atoms with Gasteiger partial charge in [-0.2, -0.15) is 0 Å². The van der Waals surface area contributed by atoms with Crippen LogP contribution in [-0.2, 0) is 0 Å². The lowest BCUT2D eigenvalue weighted by molar-refractivity contribution is 0.373. The average molecular weight is 233 g/mol. The van der Waals surface area contributed by atoms with Crippen LogP contribution in [0.1, 0.15) is 52.0 Å². The first-order valence-electron chi connectivity index (χ1n) is 6.97. The topological polar surface area (TPSA) is 12.0 Å². The summed E-state index contributed by atoms with van der Waals surface area (Å²) in [6, 6.07) is 11.6. The summed E-state index contributed by atoms with van der Waals surface area (Å²) in [6.07, 6.45) is 2.45. The van der Waals surface area contributed by atoms with Crippen LogP contribution in [0.3, 0.4) is 0 Å². The van der Waals surface area contributed by atoms with E-state index in [0.29, 0.717) is 12.0 Å². The molecule has 0 amide bonds. The number of nitrogens with one attached hydrogen (secondary N) is 1. The first-order valence-corrected chi connectivity index (χ1v) is 6.97. The molecule has 0 spiro atoms. The second-order valence-corrected chi connectivity index (χ2v) is 5.22. The molecule has 2 atom stereocenters. The first-order chi connectivity index (χ1) is 8.19. The van der Waals surface area contributed by atoms with Gasteiger partial charge in [0, 0.05) is 6.04 Å². The Hall–Kier alpha value is -0.820. The van der Waals surface area contributed by atoms with Crippen molar-refractivity contribution in [1.29, 1.82) is 0 Å². The van der Waals surface area contributed by atoms with Crippen molar-refractivity contribution in [2.24, 2.45) is 5.92 Å². The van der Waals surface area contributed by atoms with Crippen molar-refractivity contribution in [3.63, 3.8) is 0 Å². The fourth-order valence-electron chi connectivity index (χ4n) is 2.57. The zero-order chi connectivity index (χ0) is 12.7. The number of hydrogen-bond acceptors (Lipinski definition) is 1. The summed E-state index contributed by atoms with van der Waals surface area (Å²) in [6.45, 7) is 10.2. The number of likely N-dealkylation sites (N-methyl/N-ethyl adjacent to an activating group) is 1. The maximum absolute atomic E-state index is 3.64. The van der Waals surface area contributed by atoms with Crippen molar-refractivity contribution in [2.75, 3.05) is 6.54 Å². The van der Waals surface area contributed by atoms with Crippen LogP contribution in [0.15, 0.2) is 30.3 Å². The molecule has 17 heavy (non-hydrogen) atoms. The maximum atomic E-state index is 3.64. The van der Waals surface area contributed by atoms with E-state index >= 15 is 0 Å². The van der Waals surface area contributed by atoms with E-state index < -0.39 is 0 Å². The number of hydrogen-bond donors (Lipinski definition) is 1. The molecule has 1 heteroatoms. The fourth-order valence-corrected chi connectivity index (χ4v) is 2.57. The second-order valence-electron chi connectivity index (χ2n) is 5.22. The van der Waals surface area contributed by atoms with Crippen LogP contribution in [-0.4, -0.2) is 12.6 Å². The summed E-state index contributed by atoms with van der Waals surface area (Å²) in [5.74, 6) is 1.38. The lowest BCUT2D eigenvalue weighted by Gasteiger charge is -2.29. The molecule has 0 aromatic heterocycles. The highest BCUT2D eigenvalue weighted by atomic mass is 14.9. The predicted molar refractivity (Wildman–Crippen MR) is 76.4 cm³/mol. The maximum Gasteiger partial charge on any atom is 0.0133 e. The van der Waals surface area contributed by atoms with Gasteiger partial charge in [-0.25, -0.2) is 0 Å². The average Bonchev–Trinajstić information content (AvgIpc) is 2.34.